The first-order valence-electron chi connectivity index (χ1n) is 4.66. The van der Waals surface area contributed by atoms with Crippen molar-refractivity contribution in [3.8, 4) is 6.07 Å². The minimum Gasteiger partial charge on any atom is -0.298 e. The molecule has 3 heteroatoms. The molecule has 0 aliphatic heterocycles. The lowest BCUT2D eigenvalue weighted by Gasteiger charge is -2.05. The Labute approximate surface area is 82.4 Å². The Morgan fingerprint density at radius 1 is 1.64 bits per heavy atom. The molecule has 2 rings (SSSR count). The van der Waals surface area contributed by atoms with Crippen molar-refractivity contribution in [3.63, 3.8) is 0 Å². The molecule has 1 fully saturated rings. The lowest BCUT2D eigenvalue weighted by molar-refractivity contribution is -0.120. The van der Waals surface area contributed by atoms with Crippen LogP contribution in [0.15, 0.2) is 24.5 Å². The minimum atomic E-state index is -0.615. The Bertz CT molecular complexity index is 376. The van der Waals surface area contributed by atoms with Crippen LogP contribution in [0.1, 0.15) is 24.3 Å². The van der Waals surface area contributed by atoms with Crippen molar-refractivity contribution in [1.29, 1.82) is 5.26 Å². The zero-order chi connectivity index (χ0) is 9.97. The maximum absolute atomic E-state index is 11.7. The van der Waals surface area contributed by atoms with Crippen LogP contribution in [0.25, 0.3) is 0 Å². The van der Waals surface area contributed by atoms with Gasteiger partial charge in [-0.05, 0) is 24.5 Å². The summed E-state index contributed by atoms with van der Waals surface area (Å²) in [7, 11) is 0. The summed E-state index contributed by atoms with van der Waals surface area (Å²) in [6.45, 7) is 0. The normalized spacial score (nSPS) is 17.1. The first kappa shape index (κ1) is 8.89. The van der Waals surface area contributed by atoms with E-state index in [1.54, 1.807) is 24.5 Å². The number of nitriles is 1. The van der Waals surface area contributed by atoms with E-state index >= 15 is 0 Å². The van der Waals surface area contributed by atoms with Crippen molar-refractivity contribution in [2.75, 3.05) is 0 Å². The third-order valence-electron chi connectivity index (χ3n) is 2.41. The average Bonchev–Trinajstić information content (AvgIpc) is 3.03. The molecule has 1 unspecified atom stereocenters. The summed E-state index contributed by atoms with van der Waals surface area (Å²) in [5, 5.41) is 8.93. The Morgan fingerprint density at radius 3 is 2.93 bits per heavy atom. The van der Waals surface area contributed by atoms with Crippen LogP contribution in [-0.4, -0.2) is 10.8 Å². The van der Waals surface area contributed by atoms with Gasteiger partial charge in [0.2, 0.25) is 0 Å². The number of carbonyl (C=O) groups is 1. The average molecular weight is 186 g/mol. The van der Waals surface area contributed by atoms with Gasteiger partial charge in [0.1, 0.15) is 5.92 Å². The number of ketones is 1. The molecule has 14 heavy (non-hydrogen) atoms. The summed E-state index contributed by atoms with van der Waals surface area (Å²) in [6, 6.07) is 5.58. The second-order valence-corrected chi connectivity index (χ2v) is 3.53. The molecule has 0 aromatic carbocycles. The predicted molar refractivity (Wildman–Crippen MR) is 50.3 cm³/mol. The maximum Gasteiger partial charge on any atom is 0.157 e. The second-order valence-electron chi connectivity index (χ2n) is 3.53. The van der Waals surface area contributed by atoms with Crippen LogP contribution in [0.3, 0.4) is 0 Å². The van der Waals surface area contributed by atoms with E-state index < -0.39 is 5.92 Å². The van der Waals surface area contributed by atoms with E-state index in [2.05, 4.69) is 4.98 Å². The standard InChI is InChI=1S/C11H10N2O/c12-6-10(11(14)8-3-4-8)9-2-1-5-13-7-9/h1-2,5,7-8,10H,3-4H2. The van der Waals surface area contributed by atoms with Crippen molar-refractivity contribution in [3.05, 3.63) is 30.1 Å². The molecule has 0 radical (unpaired) electrons. The van der Waals surface area contributed by atoms with Crippen molar-refractivity contribution in [1.82, 2.24) is 4.98 Å². The van der Waals surface area contributed by atoms with Gasteiger partial charge in [-0.1, -0.05) is 6.07 Å². The number of hydrogen-bond acceptors (Lipinski definition) is 3. The lowest BCUT2D eigenvalue weighted by Crippen LogP contribution is -2.12. The van der Waals surface area contributed by atoms with E-state index in [9.17, 15) is 4.79 Å². The summed E-state index contributed by atoms with van der Waals surface area (Å²) >= 11 is 0. The highest BCUT2D eigenvalue weighted by Crippen LogP contribution is 2.35. The molecule has 1 aliphatic carbocycles. The summed E-state index contributed by atoms with van der Waals surface area (Å²) < 4.78 is 0. The second kappa shape index (κ2) is 3.59. The van der Waals surface area contributed by atoms with Crippen LogP contribution in [0.2, 0.25) is 0 Å². The topological polar surface area (TPSA) is 53.8 Å². The molecular weight excluding hydrogens is 176 g/mol. The molecule has 0 bridgehead atoms. The fraction of sp³-hybridized carbons (Fsp3) is 0.364. The number of hydrogen-bond donors (Lipinski definition) is 0. The Hall–Kier alpha value is -1.69. The van der Waals surface area contributed by atoms with E-state index in [0.717, 1.165) is 12.8 Å². The maximum atomic E-state index is 11.7. The minimum absolute atomic E-state index is 0.0560. The predicted octanol–water partition coefficient (Wildman–Crippen LogP) is 1.67. The fourth-order valence-corrected chi connectivity index (χ4v) is 1.45. The van der Waals surface area contributed by atoms with E-state index in [4.69, 9.17) is 5.26 Å². The van der Waals surface area contributed by atoms with E-state index in [1.807, 2.05) is 6.07 Å². The highest BCUT2D eigenvalue weighted by Gasteiger charge is 2.35. The molecule has 0 amide bonds. The molecule has 1 aromatic rings. The van der Waals surface area contributed by atoms with Crippen LogP contribution in [0.5, 0.6) is 0 Å². The number of pyridine rings is 1. The van der Waals surface area contributed by atoms with Crippen LogP contribution < -0.4 is 0 Å². The third-order valence-corrected chi connectivity index (χ3v) is 2.41. The molecule has 1 aliphatic rings. The molecular formula is C11H10N2O. The largest absolute Gasteiger partial charge is 0.298 e. The molecule has 1 heterocycles. The first-order valence-corrected chi connectivity index (χ1v) is 4.66. The van der Waals surface area contributed by atoms with Gasteiger partial charge in [-0.3, -0.25) is 9.78 Å². The number of carbonyl (C=O) groups excluding carboxylic acids is 1. The van der Waals surface area contributed by atoms with Gasteiger partial charge in [0, 0.05) is 18.3 Å². The highest BCUT2D eigenvalue weighted by atomic mass is 16.1. The van der Waals surface area contributed by atoms with Crippen molar-refractivity contribution < 1.29 is 4.79 Å². The van der Waals surface area contributed by atoms with Gasteiger partial charge in [0.05, 0.1) is 6.07 Å². The molecule has 1 saturated carbocycles. The van der Waals surface area contributed by atoms with Gasteiger partial charge >= 0.3 is 0 Å². The molecule has 0 spiro atoms. The highest BCUT2D eigenvalue weighted by molar-refractivity contribution is 5.91. The van der Waals surface area contributed by atoms with Crippen LogP contribution in [0, 0.1) is 17.2 Å². The summed E-state index contributed by atoms with van der Waals surface area (Å²) in [4.78, 5) is 15.6. The number of aromatic nitrogens is 1. The third kappa shape index (κ3) is 1.64. The van der Waals surface area contributed by atoms with Crippen molar-refractivity contribution in [2.24, 2.45) is 5.92 Å². The Morgan fingerprint density at radius 2 is 2.43 bits per heavy atom. The Balaban J connectivity index is 2.22. The van der Waals surface area contributed by atoms with Gasteiger partial charge in [0.15, 0.2) is 5.78 Å². The molecule has 1 aromatic heterocycles. The molecule has 3 nitrogen and oxygen atoms in total. The van der Waals surface area contributed by atoms with Crippen LogP contribution in [-0.2, 0) is 4.79 Å². The van der Waals surface area contributed by atoms with Gasteiger partial charge in [-0.15, -0.1) is 0 Å². The molecule has 0 N–H and O–H groups in total. The van der Waals surface area contributed by atoms with Gasteiger partial charge < -0.3 is 0 Å². The smallest absolute Gasteiger partial charge is 0.157 e. The summed E-state index contributed by atoms with van der Waals surface area (Å²) in [5.74, 6) is -0.434. The van der Waals surface area contributed by atoms with Crippen LogP contribution in [0.4, 0.5) is 0 Å². The lowest BCUT2D eigenvalue weighted by atomic mass is 9.95. The van der Waals surface area contributed by atoms with E-state index in [-0.39, 0.29) is 11.7 Å². The zero-order valence-corrected chi connectivity index (χ0v) is 7.68. The SMILES string of the molecule is N#CC(C(=O)C1CC1)c1cccnc1. The van der Waals surface area contributed by atoms with Crippen molar-refractivity contribution >= 4 is 5.78 Å². The molecule has 70 valence electrons. The fourth-order valence-electron chi connectivity index (χ4n) is 1.45. The molecule has 1 atom stereocenters. The Kier molecular flexibility index (Phi) is 2.28. The van der Waals surface area contributed by atoms with E-state index in [0.29, 0.717) is 5.56 Å². The van der Waals surface area contributed by atoms with Crippen molar-refractivity contribution in [2.45, 2.75) is 18.8 Å². The zero-order valence-electron chi connectivity index (χ0n) is 7.68. The number of rotatable bonds is 3. The summed E-state index contributed by atoms with van der Waals surface area (Å²) in [5.41, 5.74) is 0.715. The quantitative estimate of drug-likeness (QED) is 0.721. The molecule has 0 saturated heterocycles. The van der Waals surface area contributed by atoms with Gasteiger partial charge in [0.25, 0.3) is 0 Å². The van der Waals surface area contributed by atoms with Gasteiger partial charge in [-0.25, -0.2) is 0 Å². The summed E-state index contributed by atoms with van der Waals surface area (Å²) in [6.07, 6.45) is 5.11. The monoisotopic (exact) mass is 186 g/mol. The van der Waals surface area contributed by atoms with Crippen LogP contribution >= 0.6 is 0 Å². The van der Waals surface area contributed by atoms with E-state index in [1.165, 1.54) is 0 Å². The first-order chi connectivity index (χ1) is 6.83. The van der Waals surface area contributed by atoms with Gasteiger partial charge in [-0.2, -0.15) is 5.26 Å². The number of Topliss-reactive ketones (excluding diaryl/α,β-unsaturated/α-hetero) is 1. The number of nitrogens with zero attached hydrogens (tertiary/aromatic N) is 2.